The van der Waals surface area contributed by atoms with Crippen LogP contribution < -0.4 is 11.1 Å². The maximum absolute atomic E-state index is 11.3. The van der Waals surface area contributed by atoms with Crippen molar-refractivity contribution in [2.45, 2.75) is 19.8 Å². The number of nitrogens with two attached hydrogens (primary N) is 1. The molecule has 1 aromatic heterocycles. The van der Waals surface area contributed by atoms with Gasteiger partial charge < -0.3 is 0 Å². The van der Waals surface area contributed by atoms with E-state index in [9.17, 15) is 4.79 Å². The number of nitrogens with one attached hydrogen (secondary N) is 1. The number of hydrogen-bond acceptors (Lipinski definition) is 4. The summed E-state index contributed by atoms with van der Waals surface area (Å²) in [6.07, 6.45) is 2.03. The Labute approximate surface area is 82.9 Å². The molecule has 0 aliphatic rings. The van der Waals surface area contributed by atoms with Gasteiger partial charge in [-0.05, 0) is 0 Å². The molecule has 5 nitrogen and oxygen atoms in total. The van der Waals surface area contributed by atoms with Crippen molar-refractivity contribution in [1.29, 1.82) is 0 Å². The van der Waals surface area contributed by atoms with E-state index in [1.807, 2.05) is 0 Å². The van der Waals surface area contributed by atoms with E-state index in [1.165, 1.54) is 0 Å². The monoisotopic (exact) mass is 248 g/mol. The van der Waals surface area contributed by atoms with E-state index < -0.39 is 0 Å². The van der Waals surface area contributed by atoms with E-state index in [4.69, 9.17) is 5.73 Å². The van der Waals surface area contributed by atoms with Crippen molar-refractivity contribution in [2.24, 2.45) is 0 Å². The molecule has 3 N–H and O–H groups in total. The summed E-state index contributed by atoms with van der Waals surface area (Å²) < 4.78 is 7.79. The first-order chi connectivity index (χ1) is 6.25. The van der Waals surface area contributed by atoms with Crippen LogP contribution in [-0.4, -0.2) is 35.4 Å². The summed E-state index contributed by atoms with van der Waals surface area (Å²) in [7, 11) is 0. The second kappa shape index (κ2) is 4.99. The Morgan fingerprint density at radius 1 is 1.62 bits per heavy atom. The molecule has 1 aromatic rings. The van der Waals surface area contributed by atoms with Crippen LogP contribution in [0.25, 0.3) is 0 Å². The van der Waals surface area contributed by atoms with Crippen molar-refractivity contribution in [1.82, 2.24) is 13.3 Å². The van der Waals surface area contributed by atoms with Crippen LogP contribution in [0.4, 0.5) is 5.82 Å². The zero-order valence-electron chi connectivity index (χ0n) is 7.41. The molecular weight excluding hydrogens is 235 g/mol. The summed E-state index contributed by atoms with van der Waals surface area (Å²) >= 11 is -0.221. The van der Waals surface area contributed by atoms with Gasteiger partial charge in [0.15, 0.2) is 0 Å². The minimum atomic E-state index is -0.221. The summed E-state index contributed by atoms with van der Waals surface area (Å²) in [4.78, 5) is 11.3. The van der Waals surface area contributed by atoms with Crippen molar-refractivity contribution >= 4 is 26.7 Å². The number of nitrogen functional groups attached to an aromatic ring is 1. The van der Waals surface area contributed by atoms with Crippen LogP contribution in [0.1, 0.15) is 30.3 Å². The van der Waals surface area contributed by atoms with Gasteiger partial charge in [0.25, 0.3) is 0 Å². The number of hydrogen-bond donors (Lipinski definition) is 2. The van der Waals surface area contributed by atoms with Crippen LogP contribution in [0.5, 0.6) is 0 Å². The van der Waals surface area contributed by atoms with Crippen molar-refractivity contribution in [3.05, 3.63) is 5.69 Å². The first-order valence-electron chi connectivity index (χ1n) is 4.12. The molecule has 6 heteroatoms. The molecule has 0 spiro atoms. The van der Waals surface area contributed by atoms with Gasteiger partial charge in [-0.3, -0.25) is 0 Å². The SMILES string of the molecule is CCCCNC(=O)c1n[se]nc1N. The van der Waals surface area contributed by atoms with E-state index in [0.29, 0.717) is 12.2 Å². The Kier molecular flexibility index (Phi) is 3.92. The van der Waals surface area contributed by atoms with Gasteiger partial charge in [-0.1, -0.05) is 0 Å². The molecule has 0 aliphatic carbocycles. The van der Waals surface area contributed by atoms with E-state index in [2.05, 4.69) is 20.2 Å². The zero-order valence-corrected chi connectivity index (χ0v) is 9.12. The third-order valence-corrected chi connectivity index (χ3v) is 2.68. The van der Waals surface area contributed by atoms with E-state index in [0.717, 1.165) is 12.8 Å². The minimum absolute atomic E-state index is 0.200. The molecule has 1 amide bonds. The maximum atomic E-state index is 11.3. The van der Waals surface area contributed by atoms with Crippen LogP contribution in [0, 0.1) is 0 Å². The predicted octanol–water partition coefficient (Wildman–Crippen LogP) is -0.354. The average molecular weight is 247 g/mol. The second-order valence-corrected chi connectivity index (χ2v) is 3.72. The van der Waals surface area contributed by atoms with Gasteiger partial charge in [0, 0.05) is 0 Å². The Morgan fingerprint density at radius 3 is 2.92 bits per heavy atom. The van der Waals surface area contributed by atoms with Crippen LogP contribution in [-0.2, 0) is 0 Å². The molecule has 13 heavy (non-hydrogen) atoms. The summed E-state index contributed by atoms with van der Waals surface area (Å²) in [5, 5.41) is 2.74. The molecule has 0 saturated carbocycles. The Morgan fingerprint density at radius 2 is 2.38 bits per heavy atom. The quantitative estimate of drug-likeness (QED) is 0.562. The summed E-state index contributed by atoms with van der Waals surface area (Å²) in [6, 6.07) is 0. The van der Waals surface area contributed by atoms with Crippen molar-refractivity contribution in [3.63, 3.8) is 0 Å². The average Bonchev–Trinajstić information content (AvgIpc) is 2.52. The van der Waals surface area contributed by atoms with E-state index >= 15 is 0 Å². The van der Waals surface area contributed by atoms with Crippen LogP contribution in [0.3, 0.4) is 0 Å². The number of unbranched alkanes of at least 4 members (excludes halogenated alkanes) is 1. The van der Waals surface area contributed by atoms with Crippen molar-refractivity contribution in [3.8, 4) is 0 Å². The topological polar surface area (TPSA) is 80.9 Å². The van der Waals surface area contributed by atoms with Gasteiger partial charge in [0.2, 0.25) is 0 Å². The summed E-state index contributed by atoms with van der Waals surface area (Å²) in [5.74, 6) is 0.0723. The second-order valence-electron chi connectivity index (χ2n) is 2.61. The van der Waals surface area contributed by atoms with Gasteiger partial charge in [-0.15, -0.1) is 0 Å². The van der Waals surface area contributed by atoms with Crippen molar-refractivity contribution < 1.29 is 4.79 Å². The molecule has 0 saturated heterocycles. The van der Waals surface area contributed by atoms with Gasteiger partial charge in [-0.25, -0.2) is 0 Å². The van der Waals surface area contributed by atoms with E-state index in [-0.39, 0.29) is 26.7 Å². The third kappa shape index (κ3) is 2.82. The number of carbonyl (C=O) groups is 1. The standard InChI is InChI=1S/C7H12N4OSe/c1-2-3-4-9-7(12)5-6(8)11-13-10-5/h2-4H2,1H3,(H2,8,11)(H,9,12). The van der Waals surface area contributed by atoms with E-state index in [1.54, 1.807) is 0 Å². The molecule has 0 bridgehead atoms. The molecule has 1 heterocycles. The number of carbonyl (C=O) groups excluding carboxylic acids is 1. The van der Waals surface area contributed by atoms with Crippen LogP contribution in [0.15, 0.2) is 0 Å². The first-order valence-corrected chi connectivity index (χ1v) is 5.65. The van der Waals surface area contributed by atoms with Gasteiger partial charge >= 0.3 is 82.5 Å². The third-order valence-electron chi connectivity index (χ3n) is 1.54. The normalized spacial score (nSPS) is 9.92. The fraction of sp³-hybridized carbons (Fsp3) is 0.571. The molecule has 0 atom stereocenters. The number of anilines is 1. The molecule has 0 radical (unpaired) electrons. The first kappa shape index (κ1) is 10.2. The molecular formula is C7H12N4OSe. The Balaban J connectivity index is 2.45. The van der Waals surface area contributed by atoms with Crippen LogP contribution >= 0.6 is 0 Å². The Bertz CT molecular complexity index is 286. The molecule has 0 unspecified atom stereocenters. The molecule has 0 aliphatic heterocycles. The van der Waals surface area contributed by atoms with Crippen molar-refractivity contribution in [2.75, 3.05) is 12.3 Å². The van der Waals surface area contributed by atoms with Gasteiger partial charge in [0.05, 0.1) is 0 Å². The van der Waals surface area contributed by atoms with Gasteiger partial charge in [-0.2, -0.15) is 0 Å². The predicted molar refractivity (Wildman–Crippen MR) is 50.6 cm³/mol. The number of aromatic nitrogens is 2. The summed E-state index contributed by atoms with van der Waals surface area (Å²) in [5.41, 5.74) is 5.76. The summed E-state index contributed by atoms with van der Waals surface area (Å²) in [6.45, 7) is 2.74. The molecule has 0 aromatic carbocycles. The fourth-order valence-electron chi connectivity index (χ4n) is 0.815. The van der Waals surface area contributed by atoms with Gasteiger partial charge in [0.1, 0.15) is 0 Å². The molecule has 1 rings (SSSR count). The molecule has 72 valence electrons. The molecule has 0 fully saturated rings. The zero-order chi connectivity index (χ0) is 9.68. The Hall–Kier alpha value is -0.871. The number of nitrogens with zero attached hydrogens (tertiary/aromatic N) is 2. The number of rotatable bonds is 4. The number of amides is 1. The fourth-order valence-corrected chi connectivity index (χ4v) is 1.81. The van der Waals surface area contributed by atoms with Crippen LogP contribution in [0.2, 0.25) is 0 Å².